The summed E-state index contributed by atoms with van der Waals surface area (Å²) in [6.45, 7) is 3.94. The van der Waals surface area contributed by atoms with Gasteiger partial charge in [-0.2, -0.15) is 0 Å². The smallest absolute Gasteiger partial charge is 0.259 e. The fourth-order valence-electron chi connectivity index (χ4n) is 1.97. The van der Waals surface area contributed by atoms with E-state index in [9.17, 15) is 4.79 Å². The van der Waals surface area contributed by atoms with Crippen molar-refractivity contribution in [2.45, 2.75) is 13.8 Å². The standard InChI is InChI=1S/C15H13N3OS/c1-10-11(2)20-15-17-13(8-14(19)18(10)15)6-5-12-4-3-7-16-9-12/h3-9H,1-2H3. The van der Waals surface area contributed by atoms with Gasteiger partial charge in [0.05, 0.1) is 5.69 Å². The first kappa shape index (κ1) is 12.7. The summed E-state index contributed by atoms with van der Waals surface area (Å²) in [5.41, 5.74) is 2.57. The van der Waals surface area contributed by atoms with Crippen LogP contribution in [0.3, 0.4) is 0 Å². The summed E-state index contributed by atoms with van der Waals surface area (Å²) in [6.07, 6.45) is 7.23. The maximum Gasteiger partial charge on any atom is 0.259 e. The summed E-state index contributed by atoms with van der Waals surface area (Å²) in [4.78, 5) is 22.5. The van der Waals surface area contributed by atoms with E-state index < -0.39 is 0 Å². The minimum Gasteiger partial charge on any atom is -0.269 e. The van der Waals surface area contributed by atoms with E-state index in [0.29, 0.717) is 5.69 Å². The van der Waals surface area contributed by atoms with Crippen LogP contribution in [0.2, 0.25) is 0 Å². The van der Waals surface area contributed by atoms with Crippen molar-refractivity contribution in [3.05, 3.63) is 62.8 Å². The molecule has 0 aromatic carbocycles. The van der Waals surface area contributed by atoms with Crippen LogP contribution < -0.4 is 5.56 Å². The average Bonchev–Trinajstić information content (AvgIpc) is 2.73. The summed E-state index contributed by atoms with van der Waals surface area (Å²) >= 11 is 1.53. The van der Waals surface area contributed by atoms with Crippen LogP contribution in [0.15, 0.2) is 35.4 Å². The number of thiazole rings is 1. The fourth-order valence-corrected chi connectivity index (χ4v) is 2.95. The number of aromatic nitrogens is 3. The van der Waals surface area contributed by atoms with E-state index in [1.165, 1.54) is 11.3 Å². The van der Waals surface area contributed by atoms with E-state index >= 15 is 0 Å². The third kappa shape index (κ3) is 2.28. The van der Waals surface area contributed by atoms with Crippen molar-refractivity contribution in [2.24, 2.45) is 0 Å². The van der Waals surface area contributed by atoms with Crippen molar-refractivity contribution in [1.82, 2.24) is 14.4 Å². The number of aryl methyl sites for hydroxylation is 2. The van der Waals surface area contributed by atoms with Gasteiger partial charge in [0.2, 0.25) is 0 Å². The van der Waals surface area contributed by atoms with E-state index in [2.05, 4.69) is 9.97 Å². The van der Waals surface area contributed by atoms with Crippen LogP contribution in [0.5, 0.6) is 0 Å². The highest BCUT2D eigenvalue weighted by molar-refractivity contribution is 7.17. The molecule has 0 fully saturated rings. The highest BCUT2D eigenvalue weighted by Gasteiger charge is 2.08. The molecule has 0 saturated carbocycles. The Bertz CT molecular complexity index is 847. The lowest BCUT2D eigenvalue weighted by Crippen LogP contribution is -2.14. The normalized spacial score (nSPS) is 11.5. The van der Waals surface area contributed by atoms with Crippen LogP contribution in [0.4, 0.5) is 0 Å². The average molecular weight is 283 g/mol. The van der Waals surface area contributed by atoms with E-state index in [4.69, 9.17) is 0 Å². The van der Waals surface area contributed by atoms with Gasteiger partial charge in [-0.15, -0.1) is 11.3 Å². The second-order valence-corrected chi connectivity index (χ2v) is 5.68. The lowest BCUT2D eigenvalue weighted by Gasteiger charge is -1.97. The maximum atomic E-state index is 12.1. The molecule has 0 saturated heterocycles. The number of nitrogens with zero attached hydrogens (tertiary/aromatic N) is 3. The van der Waals surface area contributed by atoms with Gasteiger partial charge in [0, 0.05) is 29.0 Å². The van der Waals surface area contributed by atoms with Crippen molar-refractivity contribution in [3.63, 3.8) is 0 Å². The van der Waals surface area contributed by atoms with Crippen LogP contribution in [0, 0.1) is 13.8 Å². The van der Waals surface area contributed by atoms with Crippen LogP contribution >= 0.6 is 11.3 Å². The van der Waals surface area contributed by atoms with Crippen molar-refractivity contribution in [3.8, 4) is 0 Å². The zero-order valence-electron chi connectivity index (χ0n) is 11.2. The van der Waals surface area contributed by atoms with Crippen molar-refractivity contribution in [2.75, 3.05) is 0 Å². The molecule has 3 aromatic rings. The quantitative estimate of drug-likeness (QED) is 0.726. The summed E-state index contributed by atoms with van der Waals surface area (Å²) in [5.74, 6) is 0. The molecule has 4 nitrogen and oxygen atoms in total. The lowest BCUT2D eigenvalue weighted by molar-refractivity contribution is 1.01. The zero-order chi connectivity index (χ0) is 14.1. The predicted molar refractivity (Wildman–Crippen MR) is 82.0 cm³/mol. The van der Waals surface area contributed by atoms with E-state index in [1.54, 1.807) is 22.9 Å². The molecule has 3 heterocycles. The fraction of sp³-hybridized carbons (Fsp3) is 0.133. The molecule has 5 heteroatoms. The molecular weight excluding hydrogens is 270 g/mol. The van der Waals surface area contributed by atoms with E-state index in [1.807, 2.05) is 38.1 Å². The second kappa shape index (κ2) is 5.02. The number of rotatable bonds is 2. The van der Waals surface area contributed by atoms with Gasteiger partial charge in [-0.05, 0) is 31.6 Å². The molecule has 0 spiro atoms. The van der Waals surface area contributed by atoms with Gasteiger partial charge in [-0.3, -0.25) is 14.2 Å². The van der Waals surface area contributed by atoms with Crippen LogP contribution in [-0.2, 0) is 0 Å². The number of hydrogen-bond acceptors (Lipinski definition) is 4. The Morgan fingerprint density at radius 3 is 2.90 bits per heavy atom. The Hall–Kier alpha value is -2.27. The van der Waals surface area contributed by atoms with Crippen molar-refractivity contribution < 1.29 is 0 Å². The number of pyridine rings is 1. The van der Waals surface area contributed by atoms with Gasteiger partial charge >= 0.3 is 0 Å². The van der Waals surface area contributed by atoms with Gasteiger partial charge in [-0.25, -0.2) is 4.98 Å². The molecule has 3 rings (SSSR count). The molecule has 3 aromatic heterocycles. The topological polar surface area (TPSA) is 47.3 Å². The number of hydrogen-bond donors (Lipinski definition) is 0. The molecule has 0 atom stereocenters. The van der Waals surface area contributed by atoms with Crippen LogP contribution in [0.25, 0.3) is 17.1 Å². The zero-order valence-corrected chi connectivity index (χ0v) is 12.0. The Kier molecular flexibility index (Phi) is 3.20. The molecule has 100 valence electrons. The largest absolute Gasteiger partial charge is 0.269 e. The first-order valence-corrected chi connectivity index (χ1v) is 7.05. The van der Waals surface area contributed by atoms with Crippen molar-refractivity contribution >= 4 is 28.4 Å². The van der Waals surface area contributed by atoms with Gasteiger partial charge in [0.1, 0.15) is 0 Å². The minimum absolute atomic E-state index is 0.0392. The summed E-state index contributed by atoms with van der Waals surface area (Å²) in [7, 11) is 0. The van der Waals surface area contributed by atoms with E-state index in [-0.39, 0.29) is 5.56 Å². The highest BCUT2D eigenvalue weighted by Crippen LogP contribution is 2.19. The Morgan fingerprint density at radius 2 is 2.15 bits per heavy atom. The molecule has 0 radical (unpaired) electrons. The Labute approximate surface area is 120 Å². The maximum absolute atomic E-state index is 12.1. The molecule has 0 bridgehead atoms. The highest BCUT2D eigenvalue weighted by atomic mass is 32.1. The van der Waals surface area contributed by atoms with Gasteiger partial charge in [0.15, 0.2) is 4.96 Å². The molecule has 0 aliphatic rings. The third-order valence-corrected chi connectivity index (χ3v) is 4.19. The third-order valence-electron chi connectivity index (χ3n) is 3.13. The second-order valence-electron chi connectivity index (χ2n) is 4.50. The Balaban J connectivity index is 2.06. The van der Waals surface area contributed by atoms with Crippen molar-refractivity contribution in [1.29, 1.82) is 0 Å². The van der Waals surface area contributed by atoms with Gasteiger partial charge in [-0.1, -0.05) is 12.1 Å². The molecule has 0 aliphatic carbocycles. The van der Waals surface area contributed by atoms with E-state index in [0.717, 1.165) is 21.1 Å². The summed E-state index contributed by atoms with van der Waals surface area (Å²) < 4.78 is 1.65. The number of fused-ring (bicyclic) bond motifs is 1. The molecule has 0 N–H and O–H groups in total. The molecule has 20 heavy (non-hydrogen) atoms. The van der Waals surface area contributed by atoms with Crippen LogP contribution in [0.1, 0.15) is 21.8 Å². The minimum atomic E-state index is -0.0392. The van der Waals surface area contributed by atoms with Crippen LogP contribution in [-0.4, -0.2) is 14.4 Å². The molecular formula is C15H13N3OS. The van der Waals surface area contributed by atoms with Gasteiger partial charge in [0.25, 0.3) is 5.56 Å². The summed E-state index contributed by atoms with van der Waals surface area (Å²) in [6, 6.07) is 5.38. The molecule has 0 amide bonds. The summed E-state index contributed by atoms with van der Waals surface area (Å²) in [5, 5.41) is 0. The molecule has 0 unspecified atom stereocenters. The SMILES string of the molecule is Cc1sc2nc(C=Cc3cccnc3)cc(=O)n2c1C. The van der Waals surface area contributed by atoms with Gasteiger partial charge < -0.3 is 0 Å². The predicted octanol–water partition coefficient (Wildman–Crippen LogP) is 2.94. The first-order valence-electron chi connectivity index (χ1n) is 6.23. The lowest BCUT2D eigenvalue weighted by atomic mass is 10.2. The Morgan fingerprint density at radius 1 is 1.30 bits per heavy atom. The monoisotopic (exact) mass is 283 g/mol. The first-order chi connectivity index (χ1) is 9.65. The molecule has 0 aliphatic heterocycles.